The number of thiophene rings is 1. The van der Waals surface area contributed by atoms with Gasteiger partial charge in [0.2, 0.25) is 0 Å². The second kappa shape index (κ2) is 5.64. The molecule has 0 saturated heterocycles. The molecule has 1 aromatic carbocycles. The SMILES string of the molecule is CNC(c1cc2ccccc2s1)C1CCCC(C)C1. The van der Waals surface area contributed by atoms with E-state index < -0.39 is 0 Å². The van der Waals surface area contributed by atoms with Crippen molar-refractivity contribution in [1.29, 1.82) is 0 Å². The summed E-state index contributed by atoms with van der Waals surface area (Å²) in [4.78, 5) is 1.52. The summed E-state index contributed by atoms with van der Waals surface area (Å²) in [6, 6.07) is 11.7. The molecule has 0 radical (unpaired) electrons. The van der Waals surface area contributed by atoms with Crippen LogP contribution >= 0.6 is 11.3 Å². The second-order valence-corrected chi connectivity index (χ2v) is 7.10. The maximum Gasteiger partial charge on any atom is 0.0441 e. The Kier molecular flexibility index (Phi) is 3.90. The predicted molar refractivity (Wildman–Crippen MR) is 84.7 cm³/mol. The van der Waals surface area contributed by atoms with E-state index in [-0.39, 0.29) is 0 Å². The molecule has 3 atom stereocenters. The van der Waals surface area contributed by atoms with Gasteiger partial charge in [0.15, 0.2) is 0 Å². The average molecular weight is 273 g/mol. The highest BCUT2D eigenvalue weighted by molar-refractivity contribution is 7.19. The minimum absolute atomic E-state index is 0.542. The molecule has 102 valence electrons. The Morgan fingerprint density at radius 3 is 2.84 bits per heavy atom. The third-order valence-corrected chi connectivity index (χ3v) is 5.71. The first-order valence-electron chi connectivity index (χ1n) is 7.43. The van der Waals surface area contributed by atoms with Crippen molar-refractivity contribution in [2.75, 3.05) is 7.05 Å². The molecule has 2 heteroatoms. The van der Waals surface area contributed by atoms with Crippen LogP contribution in [0.2, 0.25) is 0 Å². The zero-order valence-corrected chi connectivity index (χ0v) is 12.7. The first-order valence-corrected chi connectivity index (χ1v) is 8.25. The highest BCUT2D eigenvalue weighted by Crippen LogP contribution is 2.40. The molecular weight excluding hydrogens is 250 g/mol. The summed E-state index contributed by atoms with van der Waals surface area (Å²) < 4.78 is 1.42. The van der Waals surface area contributed by atoms with E-state index in [9.17, 15) is 0 Å². The van der Waals surface area contributed by atoms with Crippen LogP contribution in [0.15, 0.2) is 30.3 Å². The lowest BCUT2D eigenvalue weighted by Gasteiger charge is -2.32. The number of fused-ring (bicyclic) bond motifs is 1. The van der Waals surface area contributed by atoms with E-state index in [1.54, 1.807) is 0 Å². The normalized spacial score (nSPS) is 25.6. The zero-order chi connectivity index (χ0) is 13.2. The first kappa shape index (κ1) is 13.1. The van der Waals surface area contributed by atoms with Crippen LogP contribution in [0.1, 0.15) is 43.5 Å². The molecule has 3 rings (SSSR count). The van der Waals surface area contributed by atoms with Gasteiger partial charge in [-0.1, -0.05) is 38.0 Å². The number of hydrogen-bond acceptors (Lipinski definition) is 2. The maximum absolute atomic E-state index is 3.58. The lowest BCUT2D eigenvalue weighted by Crippen LogP contribution is -2.28. The molecule has 0 spiro atoms. The molecule has 0 aliphatic heterocycles. The van der Waals surface area contributed by atoms with Gasteiger partial charge in [-0.15, -0.1) is 11.3 Å². The quantitative estimate of drug-likeness (QED) is 0.831. The van der Waals surface area contributed by atoms with Gasteiger partial charge in [0.1, 0.15) is 0 Å². The van der Waals surface area contributed by atoms with Crippen molar-refractivity contribution in [2.24, 2.45) is 11.8 Å². The predicted octanol–water partition coefficient (Wildman–Crippen LogP) is 4.99. The van der Waals surface area contributed by atoms with Crippen molar-refractivity contribution < 1.29 is 0 Å². The van der Waals surface area contributed by atoms with Crippen molar-refractivity contribution in [3.8, 4) is 0 Å². The van der Waals surface area contributed by atoms with E-state index in [1.807, 2.05) is 11.3 Å². The molecule has 1 nitrogen and oxygen atoms in total. The van der Waals surface area contributed by atoms with Gasteiger partial charge in [-0.3, -0.25) is 0 Å². The van der Waals surface area contributed by atoms with Gasteiger partial charge in [-0.05, 0) is 49.2 Å². The number of hydrogen-bond donors (Lipinski definition) is 1. The molecule has 1 aliphatic rings. The van der Waals surface area contributed by atoms with Crippen LogP contribution in [0, 0.1) is 11.8 Å². The Balaban J connectivity index is 1.88. The topological polar surface area (TPSA) is 12.0 Å². The van der Waals surface area contributed by atoms with E-state index in [0.29, 0.717) is 6.04 Å². The van der Waals surface area contributed by atoms with Crippen LogP contribution in [0.5, 0.6) is 0 Å². The van der Waals surface area contributed by atoms with Crippen LogP contribution in [0.25, 0.3) is 10.1 Å². The Bertz CT molecular complexity index is 512. The Morgan fingerprint density at radius 1 is 1.26 bits per heavy atom. The van der Waals surface area contributed by atoms with Crippen molar-refractivity contribution in [3.05, 3.63) is 35.2 Å². The standard InChI is InChI=1S/C17H23NS/c1-12-6-5-8-14(10-12)17(18-2)16-11-13-7-3-4-9-15(13)19-16/h3-4,7,9,11-12,14,17-18H,5-6,8,10H2,1-2H3. The Labute approximate surface area is 120 Å². The molecule has 0 amide bonds. The smallest absolute Gasteiger partial charge is 0.0441 e. The molecule has 1 saturated carbocycles. The molecule has 0 bridgehead atoms. The Morgan fingerprint density at radius 2 is 2.11 bits per heavy atom. The van der Waals surface area contributed by atoms with Gasteiger partial charge in [-0.2, -0.15) is 0 Å². The van der Waals surface area contributed by atoms with E-state index in [4.69, 9.17) is 0 Å². The lowest BCUT2D eigenvalue weighted by molar-refractivity contribution is 0.232. The van der Waals surface area contributed by atoms with E-state index in [1.165, 1.54) is 40.6 Å². The fourth-order valence-corrected chi connectivity index (χ4v) is 4.82. The average Bonchev–Trinajstić information content (AvgIpc) is 2.83. The number of benzene rings is 1. The minimum Gasteiger partial charge on any atom is -0.312 e. The summed E-state index contributed by atoms with van der Waals surface area (Å²) in [5.41, 5.74) is 0. The molecule has 1 aromatic heterocycles. The summed E-state index contributed by atoms with van der Waals surface area (Å²) in [5.74, 6) is 1.70. The summed E-state index contributed by atoms with van der Waals surface area (Å²) in [6.07, 6.45) is 5.57. The third kappa shape index (κ3) is 2.70. The van der Waals surface area contributed by atoms with Gasteiger partial charge in [0, 0.05) is 15.6 Å². The van der Waals surface area contributed by atoms with Gasteiger partial charge >= 0.3 is 0 Å². The fourth-order valence-electron chi connectivity index (χ4n) is 3.55. The number of rotatable bonds is 3. The third-order valence-electron chi connectivity index (χ3n) is 4.51. The monoisotopic (exact) mass is 273 g/mol. The Hall–Kier alpha value is -0.860. The summed E-state index contributed by atoms with van der Waals surface area (Å²) in [7, 11) is 2.12. The maximum atomic E-state index is 3.58. The molecular formula is C17H23NS. The minimum atomic E-state index is 0.542. The zero-order valence-electron chi connectivity index (χ0n) is 11.9. The van der Waals surface area contributed by atoms with Gasteiger partial charge in [0.05, 0.1) is 0 Å². The summed E-state index contributed by atoms with van der Waals surface area (Å²) in [5, 5.41) is 4.97. The molecule has 19 heavy (non-hydrogen) atoms. The summed E-state index contributed by atoms with van der Waals surface area (Å²) in [6.45, 7) is 2.41. The highest BCUT2D eigenvalue weighted by atomic mass is 32.1. The van der Waals surface area contributed by atoms with Gasteiger partial charge in [-0.25, -0.2) is 0 Å². The second-order valence-electron chi connectivity index (χ2n) is 5.98. The molecule has 1 heterocycles. The van der Waals surface area contributed by atoms with Crippen molar-refractivity contribution in [3.63, 3.8) is 0 Å². The molecule has 1 aliphatic carbocycles. The molecule has 2 aromatic rings. The van der Waals surface area contributed by atoms with E-state index >= 15 is 0 Å². The lowest BCUT2D eigenvalue weighted by atomic mass is 9.78. The van der Waals surface area contributed by atoms with Crippen molar-refractivity contribution in [2.45, 2.75) is 38.6 Å². The highest BCUT2D eigenvalue weighted by Gasteiger charge is 2.27. The summed E-state index contributed by atoms with van der Waals surface area (Å²) >= 11 is 1.96. The van der Waals surface area contributed by atoms with E-state index in [0.717, 1.165) is 11.8 Å². The first-order chi connectivity index (χ1) is 9.28. The van der Waals surface area contributed by atoms with Crippen molar-refractivity contribution in [1.82, 2.24) is 5.32 Å². The molecule has 1 fully saturated rings. The van der Waals surface area contributed by atoms with Crippen molar-refractivity contribution >= 4 is 21.4 Å². The van der Waals surface area contributed by atoms with Crippen LogP contribution < -0.4 is 5.32 Å². The molecule has 1 N–H and O–H groups in total. The van der Waals surface area contributed by atoms with E-state index in [2.05, 4.69) is 49.6 Å². The van der Waals surface area contributed by atoms with Crippen LogP contribution in [0.4, 0.5) is 0 Å². The molecule has 3 unspecified atom stereocenters. The van der Waals surface area contributed by atoms with Gasteiger partial charge in [0.25, 0.3) is 0 Å². The van der Waals surface area contributed by atoms with Crippen LogP contribution in [-0.2, 0) is 0 Å². The van der Waals surface area contributed by atoms with Gasteiger partial charge < -0.3 is 5.32 Å². The fraction of sp³-hybridized carbons (Fsp3) is 0.529. The van der Waals surface area contributed by atoms with Crippen LogP contribution in [0.3, 0.4) is 0 Å². The number of nitrogens with one attached hydrogen (secondary N) is 1. The largest absolute Gasteiger partial charge is 0.312 e. The van der Waals surface area contributed by atoms with Crippen LogP contribution in [-0.4, -0.2) is 7.05 Å².